The van der Waals surface area contributed by atoms with E-state index in [0.717, 1.165) is 25.7 Å². The average molecular weight is 315 g/mol. The Labute approximate surface area is 159 Å². The molecule has 0 aromatic rings. The van der Waals surface area contributed by atoms with Crippen molar-refractivity contribution < 1.29 is 69.1 Å². The van der Waals surface area contributed by atoms with Gasteiger partial charge in [-0.05, 0) is 25.3 Å². The molecule has 0 unspecified atom stereocenters. The molecule has 0 aromatic carbocycles. The predicted octanol–water partition coefficient (Wildman–Crippen LogP) is -1.48. The molecule has 19 heavy (non-hydrogen) atoms. The Hall–Kier alpha value is 0.756. The van der Waals surface area contributed by atoms with Gasteiger partial charge in [-0.1, -0.05) is 25.8 Å². The molecule has 7 heteroatoms. The van der Waals surface area contributed by atoms with E-state index in [1.54, 1.807) is 7.05 Å². The molecule has 5 nitrogen and oxygen atoms in total. The Bertz CT molecular complexity index is 368. The van der Waals surface area contributed by atoms with Gasteiger partial charge in [0, 0.05) is 19.3 Å². The standard InChI is InChI=1S/C12H23NO4S.K/c1-3-4-5-6-7-9-12(14)13(2)10-8-11-18(15,16)17;/h7,9H,3-6,8,10-11H2,1-2H3,(H,15,16,17);/q;+1/p-1/b9-7+;. The number of rotatable bonds is 9. The van der Waals surface area contributed by atoms with E-state index in [4.69, 9.17) is 0 Å². The van der Waals surface area contributed by atoms with Crippen LogP contribution in [0.15, 0.2) is 12.2 Å². The van der Waals surface area contributed by atoms with Crippen LogP contribution in [0.5, 0.6) is 0 Å². The minimum Gasteiger partial charge on any atom is -0.748 e. The Morgan fingerprint density at radius 3 is 2.42 bits per heavy atom. The molecule has 0 aliphatic rings. The van der Waals surface area contributed by atoms with Crippen LogP contribution in [0.2, 0.25) is 0 Å². The monoisotopic (exact) mass is 315 g/mol. The molecule has 0 spiro atoms. The number of hydrogen-bond acceptors (Lipinski definition) is 4. The molecular formula is C12H22KNO4S. The van der Waals surface area contributed by atoms with E-state index in [2.05, 4.69) is 6.92 Å². The van der Waals surface area contributed by atoms with E-state index >= 15 is 0 Å². The van der Waals surface area contributed by atoms with Crippen molar-refractivity contribution in [3.05, 3.63) is 12.2 Å². The van der Waals surface area contributed by atoms with Gasteiger partial charge in [0.05, 0.1) is 10.1 Å². The number of unbranched alkanes of at least 4 members (excludes halogenated alkanes) is 3. The van der Waals surface area contributed by atoms with Gasteiger partial charge in [-0.2, -0.15) is 0 Å². The summed E-state index contributed by atoms with van der Waals surface area (Å²) in [5.41, 5.74) is 0. The van der Waals surface area contributed by atoms with E-state index in [9.17, 15) is 17.8 Å². The molecule has 0 rings (SSSR count). The molecule has 0 heterocycles. The molecule has 0 radical (unpaired) electrons. The summed E-state index contributed by atoms with van der Waals surface area (Å²) >= 11 is 0. The summed E-state index contributed by atoms with van der Waals surface area (Å²) in [7, 11) is -2.59. The molecule has 0 aromatic heterocycles. The quantitative estimate of drug-likeness (QED) is 0.225. The zero-order chi connectivity index (χ0) is 14.0. The first-order valence-electron chi connectivity index (χ1n) is 6.22. The first-order valence-corrected chi connectivity index (χ1v) is 7.79. The SMILES string of the molecule is CCCCC/C=C/C(=O)N(C)CCCS(=O)(=O)[O-].[K+]. The molecule has 0 atom stereocenters. The molecule has 0 saturated heterocycles. The summed E-state index contributed by atoms with van der Waals surface area (Å²) in [6.45, 7) is 2.40. The minimum absolute atomic E-state index is 0. The second-order valence-corrected chi connectivity index (χ2v) is 5.80. The normalized spacial score (nSPS) is 11.3. The van der Waals surface area contributed by atoms with Gasteiger partial charge >= 0.3 is 51.4 Å². The van der Waals surface area contributed by atoms with Gasteiger partial charge in [-0.15, -0.1) is 0 Å². The first kappa shape index (κ1) is 22.0. The third kappa shape index (κ3) is 15.0. The molecule has 0 aliphatic heterocycles. The van der Waals surface area contributed by atoms with Crippen molar-refractivity contribution in [2.24, 2.45) is 0 Å². The fourth-order valence-corrected chi connectivity index (χ4v) is 1.89. The number of hydrogen-bond donors (Lipinski definition) is 0. The third-order valence-corrected chi connectivity index (χ3v) is 3.29. The van der Waals surface area contributed by atoms with Crippen molar-refractivity contribution >= 4 is 16.0 Å². The Kier molecular flexibility index (Phi) is 14.5. The number of amides is 1. The van der Waals surface area contributed by atoms with Crippen molar-refractivity contribution in [1.29, 1.82) is 0 Å². The van der Waals surface area contributed by atoms with Crippen LogP contribution in [0.25, 0.3) is 0 Å². The largest absolute Gasteiger partial charge is 1.00 e. The second-order valence-electron chi connectivity index (χ2n) is 4.27. The van der Waals surface area contributed by atoms with Crippen LogP contribution in [0.1, 0.15) is 39.0 Å². The van der Waals surface area contributed by atoms with Gasteiger partial charge in [-0.25, -0.2) is 8.42 Å². The van der Waals surface area contributed by atoms with Crippen molar-refractivity contribution in [1.82, 2.24) is 4.90 Å². The Balaban J connectivity index is 0. The summed E-state index contributed by atoms with van der Waals surface area (Å²) in [5, 5.41) is 0. The van der Waals surface area contributed by atoms with E-state index in [0.29, 0.717) is 0 Å². The van der Waals surface area contributed by atoms with Gasteiger partial charge in [0.2, 0.25) is 5.91 Å². The van der Waals surface area contributed by atoms with Crippen LogP contribution in [0.3, 0.4) is 0 Å². The smallest absolute Gasteiger partial charge is 0.748 e. The molecule has 0 saturated carbocycles. The molecular weight excluding hydrogens is 293 g/mol. The first-order chi connectivity index (χ1) is 8.37. The summed E-state index contributed by atoms with van der Waals surface area (Å²) in [6, 6.07) is 0. The number of allylic oxidation sites excluding steroid dienone is 1. The van der Waals surface area contributed by atoms with Gasteiger partial charge < -0.3 is 9.45 Å². The van der Waals surface area contributed by atoms with Crippen LogP contribution in [-0.2, 0) is 14.9 Å². The predicted molar refractivity (Wildman–Crippen MR) is 70.1 cm³/mol. The van der Waals surface area contributed by atoms with Crippen LogP contribution in [0.4, 0.5) is 0 Å². The van der Waals surface area contributed by atoms with E-state index < -0.39 is 15.9 Å². The molecule has 0 N–H and O–H groups in total. The average Bonchev–Trinajstić information content (AvgIpc) is 2.26. The fraction of sp³-hybridized carbons (Fsp3) is 0.750. The van der Waals surface area contributed by atoms with E-state index in [1.807, 2.05) is 6.08 Å². The number of carbonyl (C=O) groups is 1. The van der Waals surface area contributed by atoms with Crippen LogP contribution < -0.4 is 51.4 Å². The van der Waals surface area contributed by atoms with Crippen LogP contribution >= 0.6 is 0 Å². The molecule has 0 fully saturated rings. The van der Waals surface area contributed by atoms with Crippen molar-refractivity contribution in [2.45, 2.75) is 39.0 Å². The van der Waals surface area contributed by atoms with Gasteiger partial charge in [0.15, 0.2) is 0 Å². The maximum atomic E-state index is 11.5. The zero-order valence-corrected chi connectivity index (χ0v) is 16.0. The van der Waals surface area contributed by atoms with Gasteiger partial charge in [0.25, 0.3) is 0 Å². The van der Waals surface area contributed by atoms with Crippen molar-refractivity contribution in [3.63, 3.8) is 0 Å². The molecule has 0 aliphatic carbocycles. The maximum absolute atomic E-state index is 11.5. The topological polar surface area (TPSA) is 77.5 Å². The minimum atomic E-state index is -4.18. The van der Waals surface area contributed by atoms with Gasteiger partial charge in [-0.3, -0.25) is 4.79 Å². The zero-order valence-electron chi connectivity index (χ0n) is 12.1. The van der Waals surface area contributed by atoms with Crippen LogP contribution in [0, 0.1) is 0 Å². The van der Waals surface area contributed by atoms with Crippen molar-refractivity contribution in [3.8, 4) is 0 Å². The van der Waals surface area contributed by atoms with Crippen molar-refractivity contribution in [2.75, 3.05) is 19.3 Å². The van der Waals surface area contributed by atoms with E-state index in [1.165, 1.54) is 11.0 Å². The van der Waals surface area contributed by atoms with Gasteiger partial charge in [0.1, 0.15) is 0 Å². The Morgan fingerprint density at radius 1 is 1.26 bits per heavy atom. The molecule has 106 valence electrons. The third-order valence-electron chi connectivity index (χ3n) is 2.50. The summed E-state index contributed by atoms with van der Waals surface area (Å²) in [5.74, 6) is -0.583. The Morgan fingerprint density at radius 2 is 1.89 bits per heavy atom. The summed E-state index contributed by atoms with van der Waals surface area (Å²) < 4.78 is 31.1. The summed E-state index contributed by atoms with van der Waals surface area (Å²) in [6.07, 6.45) is 7.75. The fourth-order valence-electron chi connectivity index (χ4n) is 1.41. The second kappa shape index (κ2) is 12.5. The molecule has 0 bridgehead atoms. The van der Waals surface area contributed by atoms with E-state index in [-0.39, 0.29) is 70.3 Å². The summed E-state index contributed by atoms with van der Waals surface area (Å²) in [4.78, 5) is 13.0. The maximum Gasteiger partial charge on any atom is 1.00 e. The van der Waals surface area contributed by atoms with Crippen LogP contribution in [-0.4, -0.2) is 43.1 Å². The number of nitrogens with zero attached hydrogens (tertiary/aromatic N) is 1. The number of likely N-dealkylation sites (N-methyl/N-ethyl adjacent to an activating group) is 1. The molecule has 1 amide bonds. The number of carbonyl (C=O) groups excluding carboxylic acids is 1.